The standard InChI is InChI=1S/C12H17ClFN3S/c13-9-7-12(11(15)8-10(9)14)16-1-2-17-3-5-18-6-4-17/h7-8,16H,1-6,15H2. The Bertz CT molecular complexity index is 411. The van der Waals surface area contributed by atoms with Crippen LogP contribution in [0.4, 0.5) is 15.8 Å². The molecule has 3 N–H and O–H groups in total. The number of halogens is 2. The third kappa shape index (κ3) is 3.67. The fourth-order valence-corrected chi connectivity index (χ4v) is 3.03. The van der Waals surface area contributed by atoms with Crippen molar-refractivity contribution in [1.29, 1.82) is 0 Å². The summed E-state index contributed by atoms with van der Waals surface area (Å²) in [4.78, 5) is 2.41. The molecule has 3 nitrogen and oxygen atoms in total. The first kappa shape index (κ1) is 13.8. The van der Waals surface area contributed by atoms with Crippen molar-refractivity contribution in [2.24, 2.45) is 0 Å². The van der Waals surface area contributed by atoms with Gasteiger partial charge >= 0.3 is 0 Å². The smallest absolute Gasteiger partial charge is 0.143 e. The number of rotatable bonds is 4. The first-order valence-electron chi connectivity index (χ1n) is 5.95. The van der Waals surface area contributed by atoms with E-state index < -0.39 is 5.82 Å². The van der Waals surface area contributed by atoms with Crippen LogP contribution in [0.3, 0.4) is 0 Å². The molecule has 1 aromatic carbocycles. The van der Waals surface area contributed by atoms with Gasteiger partial charge < -0.3 is 11.1 Å². The van der Waals surface area contributed by atoms with Crippen molar-refractivity contribution in [3.05, 3.63) is 23.0 Å². The highest BCUT2D eigenvalue weighted by Crippen LogP contribution is 2.26. The molecule has 0 spiro atoms. The SMILES string of the molecule is Nc1cc(F)c(Cl)cc1NCCN1CCSCC1. The number of nitrogens with zero attached hydrogens (tertiary/aromatic N) is 1. The van der Waals surface area contributed by atoms with Crippen molar-refractivity contribution < 1.29 is 4.39 Å². The van der Waals surface area contributed by atoms with E-state index in [4.69, 9.17) is 17.3 Å². The second kappa shape index (κ2) is 6.50. The van der Waals surface area contributed by atoms with Gasteiger partial charge in [0.05, 0.1) is 16.4 Å². The van der Waals surface area contributed by atoms with Crippen LogP contribution in [-0.2, 0) is 0 Å². The number of thioether (sulfide) groups is 1. The lowest BCUT2D eigenvalue weighted by Crippen LogP contribution is -2.36. The van der Waals surface area contributed by atoms with Crippen molar-refractivity contribution in [2.45, 2.75) is 0 Å². The summed E-state index contributed by atoms with van der Waals surface area (Å²) in [6.07, 6.45) is 0. The van der Waals surface area contributed by atoms with Crippen LogP contribution in [0.15, 0.2) is 12.1 Å². The lowest BCUT2D eigenvalue weighted by atomic mass is 10.2. The van der Waals surface area contributed by atoms with E-state index in [2.05, 4.69) is 10.2 Å². The molecule has 0 unspecified atom stereocenters. The maximum Gasteiger partial charge on any atom is 0.143 e. The van der Waals surface area contributed by atoms with E-state index in [0.29, 0.717) is 11.4 Å². The van der Waals surface area contributed by atoms with Crippen molar-refractivity contribution in [1.82, 2.24) is 4.90 Å². The average molecular weight is 290 g/mol. The van der Waals surface area contributed by atoms with Gasteiger partial charge in [-0.2, -0.15) is 11.8 Å². The normalized spacial score (nSPS) is 16.8. The lowest BCUT2D eigenvalue weighted by molar-refractivity contribution is 0.314. The molecule has 0 aliphatic carbocycles. The number of nitrogens with two attached hydrogens (primary N) is 1. The van der Waals surface area contributed by atoms with Crippen LogP contribution in [0.1, 0.15) is 0 Å². The Hall–Kier alpha value is -0.650. The lowest BCUT2D eigenvalue weighted by Gasteiger charge is -2.26. The molecule has 100 valence electrons. The molecule has 1 aliphatic heterocycles. The van der Waals surface area contributed by atoms with Crippen molar-refractivity contribution >= 4 is 34.7 Å². The molecule has 1 aliphatic rings. The Balaban J connectivity index is 1.84. The molecule has 1 heterocycles. The van der Waals surface area contributed by atoms with Crippen LogP contribution < -0.4 is 11.1 Å². The fraction of sp³-hybridized carbons (Fsp3) is 0.500. The van der Waals surface area contributed by atoms with Crippen LogP contribution in [-0.4, -0.2) is 42.6 Å². The van der Waals surface area contributed by atoms with Gasteiger partial charge in [-0.05, 0) is 6.07 Å². The van der Waals surface area contributed by atoms with Gasteiger partial charge in [-0.1, -0.05) is 11.6 Å². The largest absolute Gasteiger partial charge is 0.397 e. The monoisotopic (exact) mass is 289 g/mol. The second-order valence-corrected chi connectivity index (χ2v) is 5.87. The zero-order valence-electron chi connectivity index (χ0n) is 10.1. The highest BCUT2D eigenvalue weighted by atomic mass is 35.5. The molecule has 18 heavy (non-hydrogen) atoms. The molecule has 0 bridgehead atoms. The van der Waals surface area contributed by atoms with Crippen LogP contribution >= 0.6 is 23.4 Å². The van der Waals surface area contributed by atoms with E-state index >= 15 is 0 Å². The van der Waals surface area contributed by atoms with E-state index in [9.17, 15) is 4.39 Å². The first-order chi connectivity index (χ1) is 8.66. The molecule has 1 fully saturated rings. The highest BCUT2D eigenvalue weighted by Gasteiger charge is 2.10. The number of hydrogen-bond acceptors (Lipinski definition) is 4. The topological polar surface area (TPSA) is 41.3 Å². The average Bonchev–Trinajstić information content (AvgIpc) is 2.37. The van der Waals surface area contributed by atoms with Crippen molar-refractivity contribution in [2.75, 3.05) is 48.7 Å². The Labute approximate surface area is 116 Å². The number of nitrogen functional groups attached to an aromatic ring is 1. The predicted octanol–water partition coefficient (Wildman–Crippen LogP) is 2.52. The van der Waals surface area contributed by atoms with Gasteiger partial charge in [-0.3, -0.25) is 4.90 Å². The van der Waals surface area contributed by atoms with Gasteiger partial charge in [0.15, 0.2) is 0 Å². The summed E-state index contributed by atoms with van der Waals surface area (Å²) in [6, 6.07) is 2.79. The third-order valence-corrected chi connectivity index (χ3v) is 4.17. The number of hydrogen-bond donors (Lipinski definition) is 2. The zero-order valence-corrected chi connectivity index (χ0v) is 11.7. The molecule has 2 rings (SSSR count). The maximum absolute atomic E-state index is 13.1. The van der Waals surface area contributed by atoms with Crippen LogP contribution in [0.25, 0.3) is 0 Å². The first-order valence-corrected chi connectivity index (χ1v) is 7.48. The van der Waals surface area contributed by atoms with Crippen LogP contribution in [0.5, 0.6) is 0 Å². The summed E-state index contributed by atoms with van der Waals surface area (Å²) in [5, 5.41) is 3.30. The van der Waals surface area contributed by atoms with Crippen molar-refractivity contribution in [3.63, 3.8) is 0 Å². The maximum atomic E-state index is 13.1. The Kier molecular flexibility index (Phi) is 4.97. The van der Waals surface area contributed by atoms with Gasteiger partial charge in [0.2, 0.25) is 0 Å². The van der Waals surface area contributed by atoms with Gasteiger partial charge in [0, 0.05) is 43.8 Å². The van der Waals surface area contributed by atoms with Gasteiger partial charge in [0.25, 0.3) is 0 Å². The molecule has 0 radical (unpaired) electrons. The molecule has 0 saturated carbocycles. The second-order valence-electron chi connectivity index (χ2n) is 4.23. The summed E-state index contributed by atoms with van der Waals surface area (Å²) >= 11 is 7.72. The highest BCUT2D eigenvalue weighted by molar-refractivity contribution is 7.99. The Morgan fingerprint density at radius 3 is 2.83 bits per heavy atom. The number of benzene rings is 1. The number of nitrogens with one attached hydrogen (secondary N) is 1. The van der Waals surface area contributed by atoms with E-state index in [-0.39, 0.29) is 5.02 Å². The molecule has 0 aromatic heterocycles. The molecular formula is C12H17ClFN3S. The summed E-state index contributed by atoms with van der Waals surface area (Å²) in [5.41, 5.74) is 6.83. The quantitative estimate of drug-likeness (QED) is 0.836. The van der Waals surface area contributed by atoms with Gasteiger partial charge in [-0.15, -0.1) is 0 Å². The Morgan fingerprint density at radius 2 is 2.11 bits per heavy atom. The van der Waals surface area contributed by atoms with Crippen LogP contribution in [0, 0.1) is 5.82 Å². The molecule has 6 heteroatoms. The minimum atomic E-state index is -0.479. The van der Waals surface area contributed by atoms with E-state index in [1.165, 1.54) is 23.6 Å². The number of anilines is 2. The van der Waals surface area contributed by atoms with E-state index in [1.54, 1.807) is 0 Å². The molecule has 0 atom stereocenters. The minimum absolute atomic E-state index is 0.0982. The van der Waals surface area contributed by atoms with E-state index in [0.717, 1.165) is 26.2 Å². The fourth-order valence-electron chi connectivity index (χ4n) is 1.89. The predicted molar refractivity (Wildman–Crippen MR) is 78.1 cm³/mol. The summed E-state index contributed by atoms with van der Waals surface area (Å²) in [5.74, 6) is 1.92. The van der Waals surface area contributed by atoms with E-state index in [1.807, 2.05) is 11.8 Å². The Morgan fingerprint density at radius 1 is 1.39 bits per heavy atom. The summed E-state index contributed by atoms with van der Waals surface area (Å²) < 4.78 is 13.1. The van der Waals surface area contributed by atoms with Gasteiger partial charge in [0.1, 0.15) is 5.82 Å². The van der Waals surface area contributed by atoms with Crippen LogP contribution in [0.2, 0.25) is 5.02 Å². The zero-order chi connectivity index (χ0) is 13.0. The molecule has 0 amide bonds. The van der Waals surface area contributed by atoms with Gasteiger partial charge in [-0.25, -0.2) is 4.39 Å². The minimum Gasteiger partial charge on any atom is -0.397 e. The molecule has 1 aromatic rings. The molecule has 1 saturated heterocycles. The molecular weight excluding hydrogens is 273 g/mol. The summed E-state index contributed by atoms with van der Waals surface area (Å²) in [7, 11) is 0. The third-order valence-electron chi connectivity index (χ3n) is 2.94. The van der Waals surface area contributed by atoms with Crippen molar-refractivity contribution in [3.8, 4) is 0 Å². The summed E-state index contributed by atoms with van der Waals surface area (Å²) in [6.45, 7) is 4.02.